The molecule has 2 heteroatoms. The number of ether oxygens (including phenoxy) is 1. The molecule has 0 aromatic heterocycles. The highest BCUT2D eigenvalue weighted by atomic mass is 16.5. The SMILES string of the molecule is CC=CCOc1cccc2c1CCC2N. The van der Waals surface area contributed by atoms with Crippen molar-refractivity contribution in [2.75, 3.05) is 6.61 Å². The third kappa shape index (κ3) is 2.05. The normalized spacial score (nSPS) is 19.5. The lowest BCUT2D eigenvalue weighted by Crippen LogP contribution is -2.05. The Labute approximate surface area is 90.7 Å². The molecule has 1 aliphatic rings. The van der Waals surface area contributed by atoms with Gasteiger partial charge >= 0.3 is 0 Å². The molecule has 0 bridgehead atoms. The molecule has 2 nitrogen and oxygen atoms in total. The molecular formula is C13H17NO. The first-order chi connectivity index (χ1) is 7.33. The van der Waals surface area contributed by atoms with Crippen LogP contribution in [0, 0.1) is 0 Å². The predicted molar refractivity (Wildman–Crippen MR) is 62.0 cm³/mol. The van der Waals surface area contributed by atoms with Crippen molar-refractivity contribution in [1.82, 2.24) is 0 Å². The fraction of sp³-hybridized carbons (Fsp3) is 0.385. The van der Waals surface area contributed by atoms with Crippen LogP contribution < -0.4 is 10.5 Å². The fourth-order valence-corrected chi connectivity index (χ4v) is 2.02. The van der Waals surface area contributed by atoms with Crippen molar-refractivity contribution in [3.63, 3.8) is 0 Å². The van der Waals surface area contributed by atoms with Crippen LogP contribution in [-0.4, -0.2) is 6.61 Å². The van der Waals surface area contributed by atoms with Gasteiger partial charge in [0.2, 0.25) is 0 Å². The average molecular weight is 203 g/mol. The molecule has 1 atom stereocenters. The van der Waals surface area contributed by atoms with E-state index in [-0.39, 0.29) is 6.04 Å². The smallest absolute Gasteiger partial charge is 0.123 e. The van der Waals surface area contributed by atoms with Gasteiger partial charge in [-0.25, -0.2) is 0 Å². The minimum absolute atomic E-state index is 0.199. The van der Waals surface area contributed by atoms with Crippen molar-refractivity contribution in [1.29, 1.82) is 0 Å². The zero-order valence-electron chi connectivity index (χ0n) is 9.07. The molecule has 0 spiro atoms. The van der Waals surface area contributed by atoms with E-state index in [0.717, 1.165) is 18.6 Å². The van der Waals surface area contributed by atoms with E-state index in [4.69, 9.17) is 10.5 Å². The van der Waals surface area contributed by atoms with Crippen LogP contribution in [0.5, 0.6) is 5.75 Å². The summed E-state index contributed by atoms with van der Waals surface area (Å²) in [7, 11) is 0. The van der Waals surface area contributed by atoms with Gasteiger partial charge in [-0.3, -0.25) is 0 Å². The van der Waals surface area contributed by atoms with Crippen molar-refractivity contribution in [2.45, 2.75) is 25.8 Å². The van der Waals surface area contributed by atoms with Crippen LogP contribution in [0.3, 0.4) is 0 Å². The Hall–Kier alpha value is -1.28. The van der Waals surface area contributed by atoms with E-state index < -0.39 is 0 Å². The lowest BCUT2D eigenvalue weighted by molar-refractivity contribution is 0.359. The third-order valence-electron chi connectivity index (χ3n) is 2.84. The summed E-state index contributed by atoms with van der Waals surface area (Å²) in [5.41, 5.74) is 8.56. The zero-order chi connectivity index (χ0) is 10.7. The number of hydrogen-bond acceptors (Lipinski definition) is 2. The molecule has 2 rings (SSSR count). The Morgan fingerprint density at radius 3 is 3.20 bits per heavy atom. The number of nitrogens with two attached hydrogens (primary N) is 1. The standard InChI is InChI=1S/C13H17NO/c1-2-3-9-15-13-6-4-5-10-11(13)7-8-12(10)14/h2-6,12H,7-9,14H2,1H3. The maximum absolute atomic E-state index is 6.00. The lowest BCUT2D eigenvalue weighted by atomic mass is 10.1. The monoisotopic (exact) mass is 203 g/mol. The topological polar surface area (TPSA) is 35.2 Å². The summed E-state index contributed by atoms with van der Waals surface area (Å²) < 4.78 is 5.70. The van der Waals surface area contributed by atoms with E-state index in [2.05, 4.69) is 6.07 Å². The Bertz CT molecular complexity index is 371. The van der Waals surface area contributed by atoms with Crippen LogP contribution in [0.25, 0.3) is 0 Å². The van der Waals surface area contributed by atoms with Crippen molar-refractivity contribution >= 4 is 0 Å². The first kappa shape index (κ1) is 10.2. The summed E-state index contributed by atoms with van der Waals surface area (Å²) in [6.07, 6.45) is 6.09. The van der Waals surface area contributed by atoms with Gasteiger partial charge in [0.1, 0.15) is 12.4 Å². The van der Waals surface area contributed by atoms with Crippen LogP contribution in [0.2, 0.25) is 0 Å². The van der Waals surface area contributed by atoms with Gasteiger partial charge in [0.15, 0.2) is 0 Å². The van der Waals surface area contributed by atoms with Gasteiger partial charge in [-0.1, -0.05) is 24.3 Å². The van der Waals surface area contributed by atoms with Gasteiger partial charge < -0.3 is 10.5 Å². The van der Waals surface area contributed by atoms with E-state index in [9.17, 15) is 0 Å². The number of benzene rings is 1. The summed E-state index contributed by atoms with van der Waals surface area (Å²) in [4.78, 5) is 0. The lowest BCUT2D eigenvalue weighted by Gasteiger charge is -2.09. The molecule has 0 amide bonds. The van der Waals surface area contributed by atoms with Gasteiger partial charge in [0.25, 0.3) is 0 Å². The zero-order valence-corrected chi connectivity index (χ0v) is 9.07. The summed E-state index contributed by atoms with van der Waals surface area (Å²) in [6, 6.07) is 6.36. The molecule has 0 heterocycles. The van der Waals surface area contributed by atoms with Crippen LogP contribution >= 0.6 is 0 Å². The molecule has 1 unspecified atom stereocenters. The molecule has 0 aliphatic heterocycles. The van der Waals surface area contributed by atoms with Gasteiger partial charge in [-0.2, -0.15) is 0 Å². The molecule has 15 heavy (non-hydrogen) atoms. The molecule has 1 aromatic carbocycles. The van der Waals surface area contributed by atoms with Gasteiger partial charge in [-0.05, 0) is 37.0 Å². The first-order valence-corrected chi connectivity index (χ1v) is 5.44. The Morgan fingerprint density at radius 2 is 2.40 bits per heavy atom. The van der Waals surface area contributed by atoms with Gasteiger partial charge in [0, 0.05) is 6.04 Å². The van der Waals surface area contributed by atoms with E-state index in [0.29, 0.717) is 6.61 Å². The van der Waals surface area contributed by atoms with Gasteiger partial charge in [0.05, 0.1) is 0 Å². The predicted octanol–water partition coefficient (Wildman–Crippen LogP) is 2.59. The maximum Gasteiger partial charge on any atom is 0.123 e. The Morgan fingerprint density at radius 1 is 1.53 bits per heavy atom. The minimum Gasteiger partial charge on any atom is -0.489 e. The largest absolute Gasteiger partial charge is 0.489 e. The van der Waals surface area contributed by atoms with Crippen molar-refractivity contribution < 1.29 is 4.74 Å². The second-order valence-electron chi connectivity index (χ2n) is 3.85. The summed E-state index contributed by atoms with van der Waals surface area (Å²) in [6.45, 7) is 2.64. The second kappa shape index (κ2) is 4.49. The van der Waals surface area contributed by atoms with Crippen LogP contribution in [0.1, 0.15) is 30.5 Å². The molecule has 0 saturated heterocycles. The Kier molecular flexibility index (Phi) is 3.07. The number of hydrogen-bond donors (Lipinski definition) is 1. The second-order valence-corrected chi connectivity index (χ2v) is 3.85. The first-order valence-electron chi connectivity index (χ1n) is 5.44. The summed E-state index contributed by atoms with van der Waals surface area (Å²) in [5, 5.41) is 0. The molecule has 1 aliphatic carbocycles. The molecule has 0 radical (unpaired) electrons. The molecule has 80 valence electrons. The number of allylic oxidation sites excluding steroid dienone is 1. The third-order valence-corrected chi connectivity index (χ3v) is 2.84. The summed E-state index contributed by atoms with van der Waals surface area (Å²) >= 11 is 0. The number of fused-ring (bicyclic) bond motifs is 1. The van der Waals surface area contributed by atoms with Crippen molar-refractivity contribution in [3.05, 3.63) is 41.5 Å². The number of rotatable bonds is 3. The summed E-state index contributed by atoms with van der Waals surface area (Å²) in [5.74, 6) is 0.999. The molecule has 0 fully saturated rings. The van der Waals surface area contributed by atoms with Crippen LogP contribution in [0.15, 0.2) is 30.4 Å². The molecular weight excluding hydrogens is 186 g/mol. The highest BCUT2D eigenvalue weighted by Gasteiger charge is 2.21. The highest BCUT2D eigenvalue weighted by Crippen LogP contribution is 2.35. The van der Waals surface area contributed by atoms with Gasteiger partial charge in [-0.15, -0.1) is 0 Å². The molecule has 2 N–H and O–H groups in total. The molecule has 0 saturated carbocycles. The average Bonchev–Trinajstić information content (AvgIpc) is 2.62. The minimum atomic E-state index is 0.199. The van der Waals surface area contributed by atoms with E-state index >= 15 is 0 Å². The van der Waals surface area contributed by atoms with E-state index in [1.165, 1.54) is 11.1 Å². The Balaban J connectivity index is 2.18. The highest BCUT2D eigenvalue weighted by molar-refractivity contribution is 5.44. The van der Waals surface area contributed by atoms with E-state index in [1.54, 1.807) is 0 Å². The quantitative estimate of drug-likeness (QED) is 0.766. The van der Waals surface area contributed by atoms with Crippen molar-refractivity contribution in [2.24, 2.45) is 5.73 Å². The van der Waals surface area contributed by atoms with Crippen molar-refractivity contribution in [3.8, 4) is 5.75 Å². The molecule has 1 aromatic rings. The fourth-order valence-electron chi connectivity index (χ4n) is 2.02. The van der Waals surface area contributed by atoms with E-state index in [1.807, 2.05) is 31.2 Å². The van der Waals surface area contributed by atoms with Crippen LogP contribution in [-0.2, 0) is 6.42 Å². The van der Waals surface area contributed by atoms with Crippen LogP contribution in [0.4, 0.5) is 0 Å². The maximum atomic E-state index is 6.00.